The van der Waals surface area contributed by atoms with Crippen LogP contribution < -0.4 is 5.73 Å². The predicted molar refractivity (Wildman–Crippen MR) is 74.6 cm³/mol. The van der Waals surface area contributed by atoms with Crippen molar-refractivity contribution in [3.63, 3.8) is 0 Å². The lowest BCUT2D eigenvalue weighted by molar-refractivity contribution is -0.114. The van der Waals surface area contributed by atoms with E-state index in [1.54, 1.807) is 18.2 Å². The third kappa shape index (κ3) is 3.12. The molecule has 5 heteroatoms. The fourth-order valence-electron chi connectivity index (χ4n) is 1.50. The van der Waals surface area contributed by atoms with Crippen LogP contribution in [0.2, 0.25) is 0 Å². The minimum absolute atomic E-state index is 0.142. The lowest BCUT2D eigenvalue weighted by Gasteiger charge is -1.96. The number of amides is 1. The molecule has 0 fully saturated rings. The standard InChI is InChI=1S/C14H9BrN2O2/c15-11-3-1-9(2-4-11)13-6-5-12(19-13)7-10(8-16)14(17)18/h1-7H,(H2,17,18)/b10-7-. The number of hydrogen-bond acceptors (Lipinski definition) is 3. The number of rotatable bonds is 3. The van der Waals surface area contributed by atoms with Crippen molar-refractivity contribution in [2.45, 2.75) is 0 Å². The number of hydrogen-bond donors (Lipinski definition) is 1. The molecule has 0 spiro atoms. The van der Waals surface area contributed by atoms with Gasteiger partial charge in [0.15, 0.2) is 0 Å². The molecule has 94 valence electrons. The molecule has 4 nitrogen and oxygen atoms in total. The Balaban J connectivity index is 2.32. The normalized spacial score (nSPS) is 11.1. The number of primary amides is 1. The fraction of sp³-hybridized carbons (Fsp3) is 0. The first-order chi connectivity index (χ1) is 9.10. The Hall–Kier alpha value is -2.32. The Morgan fingerprint density at radius 1 is 1.26 bits per heavy atom. The van der Waals surface area contributed by atoms with Crippen LogP contribution in [0.3, 0.4) is 0 Å². The molecule has 0 atom stereocenters. The molecule has 1 amide bonds. The Morgan fingerprint density at radius 3 is 2.53 bits per heavy atom. The van der Waals surface area contributed by atoms with Gasteiger partial charge in [-0.25, -0.2) is 0 Å². The molecule has 1 aromatic heterocycles. The van der Waals surface area contributed by atoms with Gasteiger partial charge in [0.2, 0.25) is 0 Å². The number of nitrogens with zero attached hydrogens (tertiary/aromatic N) is 1. The first-order valence-corrected chi connectivity index (χ1v) is 6.17. The second-order valence-corrected chi connectivity index (χ2v) is 4.66. The van der Waals surface area contributed by atoms with E-state index in [1.807, 2.05) is 24.3 Å². The number of carbonyl (C=O) groups excluding carboxylic acids is 1. The van der Waals surface area contributed by atoms with Crippen molar-refractivity contribution in [3.05, 3.63) is 52.2 Å². The molecule has 0 saturated carbocycles. The van der Waals surface area contributed by atoms with E-state index in [4.69, 9.17) is 15.4 Å². The monoisotopic (exact) mass is 316 g/mol. The molecule has 19 heavy (non-hydrogen) atoms. The van der Waals surface area contributed by atoms with Crippen molar-refractivity contribution in [3.8, 4) is 17.4 Å². The number of benzene rings is 1. The first kappa shape index (κ1) is 13.1. The predicted octanol–water partition coefficient (Wildman–Crippen LogP) is 3.10. The number of nitriles is 1. The molecule has 2 rings (SSSR count). The summed E-state index contributed by atoms with van der Waals surface area (Å²) in [6.07, 6.45) is 1.32. The lowest BCUT2D eigenvalue weighted by Crippen LogP contribution is -2.12. The van der Waals surface area contributed by atoms with Crippen LogP contribution in [0.25, 0.3) is 17.4 Å². The Labute approximate surface area is 118 Å². The zero-order valence-corrected chi connectivity index (χ0v) is 11.3. The van der Waals surface area contributed by atoms with Gasteiger partial charge in [0.25, 0.3) is 5.91 Å². The van der Waals surface area contributed by atoms with Gasteiger partial charge in [-0.15, -0.1) is 0 Å². The maximum atomic E-state index is 10.9. The van der Waals surface area contributed by atoms with Gasteiger partial charge in [-0.2, -0.15) is 5.26 Å². The van der Waals surface area contributed by atoms with E-state index in [2.05, 4.69) is 15.9 Å². The number of carbonyl (C=O) groups is 1. The van der Waals surface area contributed by atoms with Crippen LogP contribution in [0.5, 0.6) is 0 Å². The zero-order valence-electron chi connectivity index (χ0n) is 9.76. The van der Waals surface area contributed by atoms with Gasteiger partial charge in [0.05, 0.1) is 0 Å². The number of halogens is 1. The summed E-state index contributed by atoms with van der Waals surface area (Å²) in [6, 6.07) is 12.8. The summed E-state index contributed by atoms with van der Waals surface area (Å²) in [7, 11) is 0. The molecule has 2 N–H and O–H groups in total. The van der Waals surface area contributed by atoms with E-state index in [1.165, 1.54) is 6.08 Å². The minimum Gasteiger partial charge on any atom is -0.457 e. The number of furan rings is 1. The van der Waals surface area contributed by atoms with Crippen LogP contribution >= 0.6 is 15.9 Å². The van der Waals surface area contributed by atoms with Gasteiger partial charge in [-0.1, -0.05) is 28.1 Å². The van der Waals surface area contributed by atoms with E-state index in [0.717, 1.165) is 10.0 Å². The van der Waals surface area contributed by atoms with Gasteiger partial charge in [-0.05, 0) is 24.3 Å². The molecule has 1 aromatic carbocycles. The summed E-state index contributed by atoms with van der Waals surface area (Å²) in [5, 5.41) is 8.75. The van der Waals surface area contributed by atoms with Crippen LogP contribution in [0.15, 0.2) is 50.9 Å². The molecule has 0 aliphatic heterocycles. The maximum absolute atomic E-state index is 10.9. The summed E-state index contributed by atoms with van der Waals surface area (Å²) < 4.78 is 6.52. The molecule has 0 aliphatic carbocycles. The Kier molecular flexibility index (Phi) is 3.83. The van der Waals surface area contributed by atoms with Crippen LogP contribution in [-0.2, 0) is 4.79 Å². The van der Waals surface area contributed by atoms with Gasteiger partial charge >= 0.3 is 0 Å². The molecule has 0 bridgehead atoms. The highest BCUT2D eigenvalue weighted by molar-refractivity contribution is 9.10. The number of nitrogens with two attached hydrogens (primary N) is 1. The minimum atomic E-state index is -0.774. The third-order valence-corrected chi connectivity index (χ3v) is 2.96. The largest absolute Gasteiger partial charge is 0.457 e. The molecular weight excluding hydrogens is 308 g/mol. The van der Waals surface area contributed by atoms with E-state index in [9.17, 15) is 4.79 Å². The molecule has 0 saturated heterocycles. The van der Waals surface area contributed by atoms with E-state index < -0.39 is 5.91 Å². The highest BCUT2D eigenvalue weighted by atomic mass is 79.9. The maximum Gasteiger partial charge on any atom is 0.259 e. The van der Waals surface area contributed by atoms with Crippen molar-refractivity contribution < 1.29 is 9.21 Å². The quantitative estimate of drug-likeness (QED) is 0.698. The van der Waals surface area contributed by atoms with Crippen LogP contribution in [0.4, 0.5) is 0 Å². The summed E-state index contributed by atoms with van der Waals surface area (Å²) in [5.74, 6) is 0.290. The highest BCUT2D eigenvalue weighted by Gasteiger charge is 2.07. The zero-order chi connectivity index (χ0) is 13.8. The van der Waals surface area contributed by atoms with E-state index >= 15 is 0 Å². The van der Waals surface area contributed by atoms with Gasteiger partial charge in [-0.3, -0.25) is 4.79 Å². The Bertz CT molecular complexity index is 678. The van der Waals surface area contributed by atoms with Gasteiger partial charge in [0.1, 0.15) is 23.2 Å². The summed E-state index contributed by atoms with van der Waals surface area (Å²) in [5.41, 5.74) is 5.81. The van der Waals surface area contributed by atoms with Crippen molar-refractivity contribution in [1.29, 1.82) is 5.26 Å². The van der Waals surface area contributed by atoms with Crippen LogP contribution in [-0.4, -0.2) is 5.91 Å². The second kappa shape index (κ2) is 5.55. The molecular formula is C14H9BrN2O2. The van der Waals surface area contributed by atoms with Gasteiger partial charge in [0, 0.05) is 16.1 Å². The smallest absolute Gasteiger partial charge is 0.259 e. The lowest BCUT2D eigenvalue weighted by atomic mass is 10.2. The second-order valence-electron chi connectivity index (χ2n) is 3.74. The Morgan fingerprint density at radius 2 is 1.95 bits per heavy atom. The molecule has 1 heterocycles. The molecule has 2 aromatic rings. The fourth-order valence-corrected chi connectivity index (χ4v) is 1.76. The average Bonchev–Trinajstić information content (AvgIpc) is 2.85. The molecule has 0 aliphatic rings. The molecule has 0 radical (unpaired) electrons. The topological polar surface area (TPSA) is 80.0 Å². The van der Waals surface area contributed by atoms with Gasteiger partial charge < -0.3 is 10.2 Å². The van der Waals surface area contributed by atoms with Crippen molar-refractivity contribution in [1.82, 2.24) is 0 Å². The summed E-state index contributed by atoms with van der Waals surface area (Å²) >= 11 is 3.35. The SMILES string of the molecule is N#C/C(=C/c1ccc(-c2ccc(Br)cc2)o1)C(N)=O. The van der Waals surface area contributed by atoms with Crippen molar-refractivity contribution >= 4 is 27.9 Å². The van der Waals surface area contributed by atoms with E-state index in [-0.39, 0.29) is 5.57 Å². The average molecular weight is 317 g/mol. The third-order valence-electron chi connectivity index (χ3n) is 2.43. The van der Waals surface area contributed by atoms with Crippen LogP contribution in [0.1, 0.15) is 5.76 Å². The highest BCUT2D eigenvalue weighted by Crippen LogP contribution is 2.24. The van der Waals surface area contributed by atoms with Crippen molar-refractivity contribution in [2.24, 2.45) is 5.73 Å². The summed E-state index contributed by atoms with van der Waals surface area (Å²) in [4.78, 5) is 10.9. The molecule has 0 unspecified atom stereocenters. The van der Waals surface area contributed by atoms with Crippen LogP contribution in [0, 0.1) is 11.3 Å². The summed E-state index contributed by atoms with van der Waals surface area (Å²) in [6.45, 7) is 0. The first-order valence-electron chi connectivity index (χ1n) is 5.37. The van der Waals surface area contributed by atoms with Crippen molar-refractivity contribution in [2.75, 3.05) is 0 Å². The van der Waals surface area contributed by atoms with E-state index in [0.29, 0.717) is 11.5 Å².